The Bertz CT molecular complexity index is 661. The van der Waals surface area contributed by atoms with E-state index in [0.717, 1.165) is 0 Å². The average Bonchev–Trinajstić information content (AvgIpc) is 2.58. The van der Waals surface area contributed by atoms with Gasteiger partial charge in [0, 0.05) is 12.7 Å². The number of hydrogen-bond donors (Lipinski definition) is 2. The van der Waals surface area contributed by atoms with Crippen LogP contribution in [0.25, 0.3) is 0 Å². The number of nitrogen functional groups attached to an aromatic ring is 1. The van der Waals surface area contributed by atoms with E-state index in [2.05, 4.69) is 9.82 Å². The van der Waals surface area contributed by atoms with Gasteiger partial charge in [-0.3, -0.25) is 9.40 Å². The molecule has 0 saturated heterocycles. The van der Waals surface area contributed by atoms with E-state index >= 15 is 0 Å². The van der Waals surface area contributed by atoms with Crippen LogP contribution in [0.1, 0.15) is 0 Å². The Balaban J connectivity index is 2.39. The van der Waals surface area contributed by atoms with Gasteiger partial charge in [-0.05, 0) is 18.2 Å². The molecule has 1 aromatic carbocycles. The number of hydrogen-bond acceptors (Lipinski definition) is 4. The predicted molar refractivity (Wildman–Crippen MR) is 69.9 cm³/mol. The summed E-state index contributed by atoms with van der Waals surface area (Å²) in [4.78, 5) is 0. The summed E-state index contributed by atoms with van der Waals surface area (Å²) in [5.74, 6) is 0. The Morgan fingerprint density at radius 3 is 2.72 bits per heavy atom. The quantitative estimate of drug-likeness (QED) is 0.836. The number of halogens is 1. The van der Waals surface area contributed by atoms with Gasteiger partial charge >= 0.3 is 0 Å². The van der Waals surface area contributed by atoms with E-state index in [9.17, 15) is 8.42 Å². The maximum Gasteiger partial charge on any atom is 0.280 e. The molecule has 1 heterocycles. The number of anilines is 2. The maximum atomic E-state index is 12.1. The van der Waals surface area contributed by atoms with Crippen LogP contribution >= 0.6 is 11.6 Å². The molecule has 3 N–H and O–H groups in total. The molecule has 0 aliphatic carbocycles. The third-order valence-corrected chi connectivity index (χ3v) is 4.12. The molecular weight excluding hydrogens is 276 g/mol. The summed E-state index contributed by atoms with van der Waals surface area (Å²) >= 11 is 5.80. The van der Waals surface area contributed by atoms with Gasteiger partial charge in [-0.2, -0.15) is 13.5 Å². The van der Waals surface area contributed by atoms with E-state index in [4.69, 9.17) is 17.3 Å². The zero-order valence-electron chi connectivity index (χ0n) is 9.46. The summed E-state index contributed by atoms with van der Waals surface area (Å²) in [6.45, 7) is 0. The molecule has 0 radical (unpaired) electrons. The molecular formula is C10H11ClN4O2S. The minimum absolute atomic E-state index is 0.0638. The van der Waals surface area contributed by atoms with Gasteiger partial charge in [-0.25, -0.2) is 0 Å². The van der Waals surface area contributed by atoms with Gasteiger partial charge in [0.25, 0.3) is 10.0 Å². The summed E-state index contributed by atoms with van der Waals surface area (Å²) in [5, 5.41) is 3.76. The largest absolute Gasteiger partial charge is 0.399 e. The number of sulfonamides is 1. The van der Waals surface area contributed by atoms with E-state index in [1.165, 1.54) is 24.0 Å². The first kappa shape index (κ1) is 12.7. The molecule has 2 aromatic rings. The molecule has 0 spiro atoms. The van der Waals surface area contributed by atoms with Crippen molar-refractivity contribution in [3.05, 3.63) is 35.5 Å². The number of aromatic nitrogens is 2. The molecule has 0 atom stereocenters. The molecule has 8 heteroatoms. The van der Waals surface area contributed by atoms with Gasteiger partial charge in [0.2, 0.25) is 0 Å². The lowest BCUT2D eigenvalue weighted by Gasteiger charge is -2.09. The minimum atomic E-state index is -3.79. The summed E-state index contributed by atoms with van der Waals surface area (Å²) in [6.07, 6.45) is 1.27. The van der Waals surface area contributed by atoms with E-state index < -0.39 is 10.0 Å². The average molecular weight is 287 g/mol. The van der Waals surface area contributed by atoms with Crippen LogP contribution in [0.2, 0.25) is 5.02 Å². The van der Waals surface area contributed by atoms with Crippen LogP contribution in [0.3, 0.4) is 0 Å². The fraction of sp³-hybridized carbons (Fsp3) is 0.100. The van der Waals surface area contributed by atoms with Gasteiger partial charge in [-0.1, -0.05) is 17.7 Å². The van der Waals surface area contributed by atoms with Crippen LogP contribution in [-0.2, 0) is 17.1 Å². The number of nitrogens with one attached hydrogen (secondary N) is 1. The van der Waals surface area contributed by atoms with Crippen molar-refractivity contribution in [1.82, 2.24) is 9.78 Å². The Kier molecular flexibility index (Phi) is 3.18. The molecule has 1 aromatic heterocycles. The number of nitrogens with two attached hydrogens (primary N) is 1. The fourth-order valence-corrected chi connectivity index (χ4v) is 3.22. The van der Waals surface area contributed by atoms with Gasteiger partial charge < -0.3 is 5.73 Å². The molecule has 6 nitrogen and oxygen atoms in total. The highest BCUT2D eigenvalue weighted by atomic mass is 35.5. The van der Waals surface area contributed by atoms with Crippen molar-refractivity contribution >= 4 is 33.0 Å². The van der Waals surface area contributed by atoms with Gasteiger partial charge in [0.05, 0.1) is 16.9 Å². The number of benzene rings is 1. The molecule has 0 amide bonds. The third-order valence-electron chi connectivity index (χ3n) is 2.24. The maximum absolute atomic E-state index is 12.1. The molecule has 18 heavy (non-hydrogen) atoms. The smallest absolute Gasteiger partial charge is 0.280 e. The lowest BCUT2D eigenvalue weighted by molar-refractivity contribution is 0.582. The molecule has 0 unspecified atom stereocenters. The summed E-state index contributed by atoms with van der Waals surface area (Å²) in [7, 11) is -2.29. The van der Waals surface area contributed by atoms with Crippen molar-refractivity contribution in [3.63, 3.8) is 0 Å². The van der Waals surface area contributed by atoms with Crippen LogP contribution in [0.4, 0.5) is 11.4 Å². The zero-order chi connectivity index (χ0) is 13.3. The zero-order valence-corrected chi connectivity index (χ0v) is 11.0. The Hall–Kier alpha value is -1.73. The lowest BCUT2D eigenvalue weighted by Crippen LogP contribution is -2.17. The van der Waals surface area contributed by atoms with E-state index in [0.29, 0.717) is 11.4 Å². The van der Waals surface area contributed by atoms with Gasteiger partial charge in [0.1, 0.15) is 0 Å². The molecule has 2 rings (SSSR count). The Labute approximate surface area is 109 Å². The van der Waals surface area contributed by atoms with Crippen molar-refractivity contribution < 1.29 is 8.42 Å². The van der Waals surface area contributed by atoms with Crippen molar-refractivity contribution in [2.75, 3.05) is 10.5 Å². The summed E-state index contributed by atoms with van der Waals surface area (Å²) in [6, 6.07) is 6.42. The normalized spacial score (nSPS) is 11.4. The van der Waals surface area contributed by atoms with E-state index in [1.54, 1.807) is 18.2 Å². The third kappa shape index (κ3) is 2.41. The summed E-state index contributed by atoms with van der Waals surface area (Å²) < 4.78 is 27.8. The van der Waals surface area contributed by atoms with Crippen LogP contribution in [0, 0.1) is 0 Å². The number of nitrogens with zero attached hydrogens (tertiary/aromatic N) is 2. The molecule has 0 aliphatic heterocycles. The molecule has 0 bridgehead atoms. The molecule has 96 valence electrons. The second kappa shape index (κ2) is 4.51. The first-order valence-electron chi connectivity index (χ1n) is 4.96. The second-order valence-electron chi connectivity index (χ2n) is 3.65. The number of rotatable bonds is 3. The van der Waals surface area contributed by atoms with Crippen molar-refractivity contribution in [2.45, 2.75) is 5.03 Å². The monoisotopic (exact) mass is 286 g/mol. The van der Waals surface area contributed by atoms with Crippen LogP contribution in [0.15, 0.2) is 35.5 Å². The second-order valence-corrected chi connectivity index (χ2v) is 5.66. The molecule has 0 fully saturated rings. The first-order valence-corrected chi connectivity index (χ1v) is 6.82. The highest BCUT2D eigenvalue weighted by Crippen LogP contribution is 2.23. The lowest BCUT2D eigenvalue weighted by atomic mass is 10.3. The topological polar surface area (TPSA) is 90.0 Å². The molecule has 0 saturated carbocycles. The standard InChI is InChI=1S/C10H11ClN4O2S/c1-15-10(9(11)6-13-15)18(16,17)14-8-4-2-3-7(12)5-8/h2-6,14H,12H2,1H3. The van der Waals surface area contributed by atoms with Crippen molar-refractivity contribution in [1.29, 1.82) is 0 Å². The summed E-state index contributed by atoms with van der Waals surface area (Å²) in [5.41, 5.74) is 6.41. The van der Waals surface area contributed by atoms with Gasteiger partial charge in [-0.15, -0.1) is 0 Å². The van der Waals surface area contributed by atoms with Gasteiger partial charge in [0.15, 0.2) is 5.03 Å². The van der Waals surface area contributed by atoms with Crippen LogP contribution < -0.4 is 10.5 Å². The number of aryl methyl sites for hydroxylation is 1. The fourth-order valence-electron chi connectivity index (χ4n) is 1.51. The Morgan fingerprint density at radius 2 is 2.17 bits per heavy atom. The molecule has 0 aliphatic rings. The van der Waals surface area contributed by atoms with E-state index in [-0.39, 0.29) is 10.0 Å². The first-order chi connectivity index (χ1) is 8.40. The van der Waals surface area contributed by atoms with E-state index in [1.807, 2.05) is 0 Å². The highest BCUT2D eigenvalue weighted by Gasteiger charge is 2.22. The van der Waals surface area contributed by atoms with Crippen molar-refractivity contribution in [2.24, 2.45) is 7.05 Å². The highest BCUT2D eigenvalue weighted by molar-refractivity contribution is 7.92. The Morgan fingerprint density at radius 1 is 1.44 bits per heavy atom. The minimum Gasteiger partial charge on any atom is -0.399 e. The van der Waals surface area contributed by atoms with Crippen LogP contribution in [-0.4, -0.2) is 18.2 Å². The van der Waals surface area contributed by atoms with Crippen molar-refractivity contribution in [3.8, 4) is 0 Å². The van der Waals surface area contributed by atoms with Crippen LogP contribution in [0.5, 0.6) is 0 Å². The SMILES string of the molecule is Cn1ncc(Cl)c1S(=O)(=O)Nc1cccc(N)c1. The predicted octanol–water partition coefficient (Wildman–Crippen LogP) is 1.46.